The Morgan fingerprint density at radius 2 is 1.68 bits per heavy atom. The van der Waals surface area contributed by atoms with Gasteiger partial charge in [-0.15, -0.1) is 0 Å². The molecule has 1 aromatic heterocycles. The number of fused-ring (bicyclic) bond motifs is 1. The van der Waals surface area contributed by atoms with Crippen molar-refractivity contribution in [1.29, 1.82) is 0 Å². The van der Waals surface area contributed by atoms with E-state index in [0.29, 0.717) is 34.1 Å². The van der Waals surface area contributed by atoms with Gasteiger partial charge in [0, 0.05) is 47.6 Å². The van der Waals surface area contributed by atoms with Gasteiger partial charge in [-0.1, -0.05) is 72.3 Å². The number of ether oxygens (including phenoxy) is 1. The molecule has 0 unspecified atom stereocenters. The smallest absolute Gasteiger partial charge is 0.282 e. The first kappa shape index (κ1) is 24.3. The van der Waals surface area contributed by atoms with Crippen molar-refractivity contribution in [2.24, 2.45) is 5.10 Å². The zero-order chi connectivity index (χ0) is 25.8. The zero-order valence-corrected chi connectivity index (χ0v) is 21.3. The Morgan fingerprint density at radius 1 is 0.946 bits per heavy atom. The number of benzene rings is 4. The molecule has 0 aliphatic heterocycles. The van der Waals surface area contributed by atoms with Crippen molar-refractivity contribution in [1.82, 2.24) is 9.66 Å². The lowest BCUT2D eigenvalue weighted by Gasteiger charge is -2.16. The van der Waals surface area contributed by atoms with Crippen LogP contribution < -0.4 is 15.2 Å². The molecule has 5 aromatic rings. The summed E-state index contributed by atoms with van der Waals surface area (Å²) in [6.07, 6.45) is 1.63. The molecular weight excluding hydrogens is 484 g/mol. The summed E-state index contributed by atoms with van der Waals surface area (Å²) in [5, 5.41) is 5.75. The fraction of sp³-hybridized carbons (Fsp3) is 0.100. The van der Waals surface area contributed by atoms with E-state index in [-0.39, 0.29) is 5.56 Å². The maximum absolute atomic E-state index is 13.5. The van der Waals surface area contributed by atoms with Crippen LogP contribution in [-0.4, -0.2) is 30.0 Å². The lowest BCUT2D eigenvalue weighted by molar-refractivity contribution is 0.306. The summed E-state index contributed by atoms with van der Waals surface area (Å²) in [5.41, 5.74) is 3.74. The highest BCUT2D eigenvalue weighted by Crippen LogP contribution is 2.26. The van der Waals surface area contributed by atoms with Gasteiger partial charge in [-0.3, -0.25) is 4.79 Å². The van der Waals surface area contributed by atoms with Gasteiger partial charge < -0.3 is 9.64 Å². The molecule has 184 valence electrons. The summed E-state index contributed by atoms with van der Waals surface area (Å²) in [6, 6.07) is 30.2. The molecule has 0 saturated heterocycles. The monoisotopic (exact) mass is 508 g/mol. The van der Waals surface area contributed by atoms with Gasteiger partial charge in [0.05, 0.1) is 17.1 Å². The van der Waals surface area contributed by atoms with E-state index in [4.69, 9.17) is 21.3 Å². The molecule has 0 amide bonds. The van der Waals surface area contributed by atoms with Crippen LogP contribution in [0.1, 0.15) is 11.1 Å². The molecule has 0 radical (unpaired) electrons. The Balaban J connectivity index is 1.59. The van der Waals surface area contributed by atoms with Gasteiger partial charge in [0.2, 0.25) is 0 Å². The Labute approximate surface area is 220 Å². The van der Waals surface area contributed by atoms with E-state index in [1.165, 1.54) is 4.68 Å². The second kappa shape index (κ2) is 10.7. The van der Waals surface area contributed by atoms with Gasteiger partial charge in [0.1, 0.15) is 12.4 Å². The minimum absolute atomic E-state index is 0.246. The van der Waals surface area contributed by atoms with Gasteiger partial charge in [0.25, 0.3) is 5.56 Å². The number of anilines is 1. The number of hydrogen-bond acceptors (Lipinski definition) is 5. The van der Waals surface area contributed by atoms with Gasteiger partial charge >= 0.3 is 0 Å². The van der Waals surface area contributed by atoms with Gasteiger partial charge in [-0.05, 0) is 30.3 Å². The Kier molecular flexibility index (Phi) is 7.01. The maximum atomic E-state index is 13.5. The largest absolute Gasteiger partial charge is 0.488 e. The minimum atomic E-state index is -0.246. The molecule has 0 saturated carbocycles. The second-order valence-electron chi connectivity index (χ2n) is 8.68. The molecule has 0 atom stereocenters. The summed E-state index contributed by atoms with van der Waals surface area (Å²) >= 11 is 6.33. The van der Waals surface area contributed by atoms with E-state index in [9.17, 15) is 4.79 Å². The van der Waals surface area contributed by atoms with Crippen LogP contribution >= 0.6 is 11.6 Å². The standard InChI is InChI=1S/C30H25ClN4O2/c1-34(2)24-17-16-22(28(18-24)37-20-23-12-6-8-14-26(23)31)19-32-35-29(21-10-4-3-5-11-21)33-27-15-9-7-13-25(27)30(35)36/h3-19H,20H2,1-2H3. The molecule has 4 aromatic carbocycles. The fourth-order valence-electron chi connectivity index (χ4n) is 3.93. The molecule has 0 N–H and O–H groups in total. The molecule has 37 heavy (non-hydrogen) atoms. The average molecular weight is 509 g/mol. The summed E-state index contributed by atoms with van der Waals surface area (Å²) in [4.78, 5) is 20.2. The molecule has 0 aliphatic carbocycles. The quantitative estimate of drug-likeness (QED) is 0.244. The van der Waals surface area contributed by atoms with Gasteiger partial charge in [-0.25, -0.2) is 4.98 Å². The molecular formula is C30H25ClN4O2. The van der Waals surface area contributed by atoms with E-state index in [1.54, 1.807) is 12.3 Å². The maximum Gasteiger partial charge on any atom is 0.282 e. The van der Waals surface area contributed by atoms with Crippen molar-refractivity contribution in [2.75, 3.05) is 19.0 Å². The highest BCUT2D eigenvalue weighted by Gasteiger charge is 2.13. The first-order valence-electron chi connectivity index (χ1n) is 11.8. The van der Waals surface area contributed by atoms with Crippen LogP contribution in [0.2, 0.25) is 5.02 Å². The normalized spacial score (nSPS) is 11.2. The van der Waals surface area contributed by atoms with Crippen molar-refractivity contribution in [3.05, 3.63) is 124 Å². The average Bonchev–Trinajstić information content (AvgIpc) is 2.92. The van der Waals surface area contributed by atoms with E-state index in [1.807, 2.05) is 110 Å². The molecule has 1 heterocycles. The van der Waals surface area contributed by atoms with Crippen molar-refractivity contribution >= 4 is 34.4 Å². The summed E-state index contributed by atoms with van der Waals surface area (Å²) in [7, 11) is 3.93. The molecule has 0 spiro atoms. The van der Waals surface area contributed by atoms with E-state index in [0.717, 1.165) is 22.4 Å². The van der Waals surface area contributed by atoms with Crippen LogP contribution in [0, 0.1) is 0 Å². The number of rotatable bonds is 7. The van der Waals surface area contributed by atoms with Crippen molar-refractivity contribution in [3.63, 3.8) is 0 Å². The molecule has 6 nitrogen and oxygen atoms in total. The SMILES string of the molecule is CN(C)c1ccc(C=Nn2c(-c3ccccc3)nc3ccccc3c2=O)c(OCc2ccccc2Cl)c1. The van der Waals surface area contributed by atoms with E-state index < -0.39 is 0 Å². The zero-order valence-electron chi connectivity index (χ0n) is 20.5. The lowest BCUT2D eigenvalue weighted by atomic mass is 10.1. The third-order valence-electron chi connectivity index (χ3n) is 5.95. The topological polar surface area (TPSA) is 59.7 Å². The predicted molar refractivity (Wildman–Crippen MR) is 151 cm³/mol. The molecule has 7 heteroatoms. The van der Waals surface area contributed by atoms with Crippen LogP contribution in [0.25, 0.3) is 22.3 Å². The van der Waals surface area contributed by atoms with E-state index >= 15 is 0 Å². The Morgan fingerprint density at radius 3 is 2.46 bits per heavy atom. The van der Waals surface area contributed by atoms with Crippen LogP contribution in [0.3, 0.4) is 0 Å². The van der Waals surface area contributed by atoms with Crippen LogP contribution in [0.5, 0.6) is 5.75 Å². The van der Waals surface area contributed by atoms with Crippen molar-refractivity contribution < 1.29 is 4.74 Å². The molecule has 0 fully saturated rings. The molecule has 5 rings (SSSR count). The Bertz CT molecular complexity index is 1650. The lowest BCUT2D eigenvalue weighted by Crippen LogP contribution is -2.20. The number of para-hydroxylation sites is 1. The number of nitrogens with zero attached hydrogens (tertiary/aromatic N) is 4. The van der Waals surface area contributed by atoms with Crippen molar-refractivity contribution in [3.8, 4) is 17.1 Å². The van der Waals surface area contributed by atoms with Gasteiger partial charge in [-0.2, -0.15) is 9.78 Å². The van der Waals surface area contributed by atoms with Crippen LogP contribution in [-0.2, 0) is 6.61 Å². The minimum Gasteiger partial charge on any atom is -0.488 e. The second-order valence-corrected chi connectivity index (χ2v) is 9.08. The predicted octanol–water partition coefficient (Wildman–Crippen LogP) is 6.24. The first-order chi connectivity index (χ1) is 18.0. The Hall–Kier alpha value is -4.42. The number of hydrogen-bond donors (Lipinski definition) is 0. The van der Waals surface area contributed by atoms with E-state index in [2.05, 4.69) is 5.10 Å². The third kappa shape index (κ3) is 5.25. The highest BCUT2D eigenvalue weighted by atomic mass is 35.5. The molecule has 0 bridgehead atoms. The summed E-state index contributed by atoms with van der Waals surface area (Å²) < 4.78 is 7.54. The fourth-order valence-corrected chi connectivity index (χ4v) is 4.12. The number of aromatic nitrogens is 2. The highest BCUT2D eigenvalue weighted by molar-refractivity contribution is 6.31. The third-order valence-corrected chi connectivity index (χ3v) is 6.32. The van der Waals surface area contributed by atoms with Gasteiger partial charge in [0.15, 0.2) is 5.82 Å². The van der Waals surface area contributed by atoms with Crippen LogP contribution in [0.4, 0.5) is 5.69 Å². The summed E-state index contributed by atoms with van der Waals surface area (Å²) in [6.45, 7) is 0.296. The number of halogens is 1. The summed E-state index contributed by atoms with van der Waals surface area (Å²) in [5.74, 6) is 1.09. The van der Waals surface area contributed by atoms with Crippen LogP contribution in [0.15, 0.2) is 107 Å². The first-order valence-corrected chi connectivity index (χ1v) is 12.2. The molecule has 0 aliphatic rings. The van der Waals surface area contributed by atoms with Crippen molar-refractivity contribution in [2.45, 2.75) is 6.61 Å².